The molecule has 0 amide bonds. The summed E-state index contributed by atoms with van der Waals surface area (Å²) < 4.78 is 14.0. The molecule has 0 unspecified atom stereocenters. The molecule has 0 aliphatic rings. The highest BCUT2D eigenvalue weighted by atomic mass is 35.5. The van der Waals surface area contributed by atoms with Crippen molar-refractivity contribution in [1.82, 2.24) is 0 Å². The lowest BCUT2D eigenvalue weighted by Crippen LogP contribution is -1.88. The number of phenolic OH excluding ortho intramolecular Hbond substituents is 1. The van der Waals surface area contributed by atoms with Gasteiger partial charge in [-0.05, 0) is 29.0 Å². The van der Waals surface area contributed by atoms with Gasteiger partial charge in [0.15, 0.2) is 0 Å². The summed E-state index contributed by atoms with van der Waals surface area (Å²) in [7, 11) is 0. The third kappa shape index (κ3) is 1.94. The highest BCUT2D eigenvalue weighted by Gasteiger charge is 2.16. The molecule has 0 radical (unpaired) electrons. The Morgan fingerprint density at radius 3 is 2.42 bits per heavy atom. The predicted molar refractivity (Wildman–Crippen MR) is 76.0 cm³/mol. The van der Waals surface area contributed by atoms with Crippen LogP contribution in [-0.2, 0) is 0 Å². The van der Waals surface area contributed by atoms with Gasteiger partial charge in [-0.1, -0.05) is 48.0 Å². The second-order valence-corrected chi connectivity index (χ2v) is 4.68. The molecule has 3 aromatic rings. The van der Waals surface area contributed by atoms with Crippen LogP contribution in [0.1, 0.15) is 0 Å². The van der Waals surface area contributed by atoms with Gasteiger partial charge in [-0.25, -0.2) is 4.39 Å². The van der Waals surface area contributed by atoms with Gasteiger partial charge in [0.05, 0.1) is 5.02 Å². The number of hydrogen-bond donors (Lipinski definition) is 1. The van der Waals surface area contributed by atoms with Crippen LogP contribution in [0.15, 0.2) is 54.6 Å². The van der Waals surface area contributed by atoms with E-state index in [1.165, 1.54) is 6.07 Å². The Labute approximate surface area is 114 Å². The van der Waals surface area contributed by atoms with Crippen molar-refractivity contribution in [2.24, 2.45) is 0 Å². The largest absolute Gasteiger partial charge is 0.507 e. The van der Waals surface area contributed by atoms with E-state index in [1.807, 2.05) is 24.3 Å². The van der Waals surface area contributed by atoms with Crippen LogP contribution in [0.4, 0.5) is 4.39 Å². The van der Waals surface area contributed by atoms with Crippen molar-refractivity contribution < 1.29 is 9.50 Å². The van der Waals surface area contributed by atoms with Gasteiger partial charge in [0, 0.05) is 11.1 Å². The van der Waals surface area contributed by atoms with Crippen LogP contribution in [0.2, 0.25) is 5.02 Å². The average molecular weight is 273 g/mol. The molecule has 0 aromatic heterocycles. The van der Waals surface area contributed by atoms with Crippen LogP contribution >= 0.6 is 11.6 Å². The summed E-state index contributed by atoms with van der Waals surface area (Å²) >= 11 is 6.09. The van der Waals surface area contributed by atoms with Gasteiger partial charge >= 0.3 is 0 Å². The molecular formula is C16H10ClFO. The van der Waals surface area contributed by atoms with Gasteiger partial charge < -0.3 is 5.11 Å². The van der Waals surface area contributed by atoms with Crippen molar-refractivity contribution in [3.8, 4) is 16.9 Å². The first-order chi connectivity index (χ1) is 9.18. The normalized spacial score (nSPS) is 10.8. The third-order valence-electron chi connectivity index (χ3n) is 3.12. The third-order valence-corrected chi connectivity index (χ3v) is 3.43. The molecule has 0 fully saturated rings. The maximum atomic E-state index is 14.0. The summed E-state index contributed by atoms with van der Waals surface area (Å²) in [4.78, 5) is 0. The molecule has 0 saturated heterocycles. The van der Waals surface area contributed by atoms with Gasteiger partial charge in [-0.3, -0.25) is 0 Å². The van der Waals surface area contributed by atoms with Crippen molar-refractivity contribution >= 4 is 22.4 Å². The SMILES string of the molecule is Oc1ccc2ccccc2c1-c1c(F)cccc1Cl. The standard InChI is InChI=1S/C16H10ClFO/c17-12-6-3-7-13(18)16(12)15-11-5-2-1-4-10(11)8-9-14(15)19/h1-9,19H. The summed E-state index contributed by atoms with van der Waals surface area (Å²) in [6, 6.07) is 15.3. The lowest BCUT2D eigenvalue weighted by atomic mass is 9.97. The van der Waals surface area contributed by atoms with Crippen LogP contribution < -0.4 is 0 Å². The van der Waals surface area contributed by atoms with E-state index in [1.54, 1.807) is 24.3 Å². The maximum Gasteiger partial charge on any atom is 0.132 e. The highest BCUT2D eigenvalue weighted by Crippen LogP contribution is 2.40. The Morgan fingerprint density at radius 2 is 1.63 bits per heavy atom. The Bertz CT molecular complexity index is 748. The summed E-state index contributed by atoms with van der Waals surface area (Å²) in [5, 5.41) is 12.1. The number of benzene rings is 3. The minimum absolute atomic E-state index is 0.0192. The Morgan fingerprint density at radius 1 is 0.842 bits per heavy atom. The zero-order valence-corrected chi connectivity index (χ0v) is 10.7. The Kier molecular flexibility index (Phi) is 2.88. The molecule has 3 heteroatoms. The molecule has 3 aromatic carbocycles. The molecule has 1 nitrogen and oxygen atoms in total. The first kappa shape index (κ1) is 12.0. The number of hydrogen-bond acceptors (Lipinski definition) is 1. The van der Waals surface area contributed by atoms with Crippen LogP contribution in [0.25, 0.3) is 21.9 Å². The number of phenols is 1. The first-order valence-corrected chi connectivity index (χ1v) is 6.21. The topological polar surface area (TPSA) is 20.2 Å². The maximum absolute atomic E-state index is 14.0. The first-order valence-electron chi connectivity index (χ1n) is 5.83. The Hall–Kier alpha value is -2.06. The molecule has 0 heterocycles. The van der Waals surface area contributed by atoms with E-state index in [0.717, 1.165) is 10.8 Å². The highest BCUT2D eigenvalue weighted by molar-refractivity contribution is 6.34. The van der Waals surface area contributed by atoms with Crippen LogP contribution in [-0.4, -0.2) is 5.11 Å². The van der Waals surface area contributed by atoms with E-state index in [2.05, 4.69) is 0 Å². The average Bonchev–Trinajstić information content (AvgIpc) is 2.41. The van der Waals surface area contributed by atoms with Crippen LogP contribution in [0, 0.1) is 5.82 Å². The van der Waals surface area contributed by atoms with E-state index in [9.17, 15) is 9.50 Å². The van der Waals surface area contributed by atoms with Crippen molar-refractivity contribution in [2.45, 2.75) is 0 Å². The molecule has 0 spiro atoms. The van der Waals surface area contributed by atoms with E-state index in [0.29, 0.717) is 5.56 Å². The number of aromatic hydroxyl groups is 1. The van der Waals surface area contributed by atoms with Gasteiger partial charge in [-0.2, -0.15) is 0 Å². The monoisotopic (exact) mass is 272 g/mol. The smallest absolute Gasteiger partial charge is 0.132 e. The lowest BCUT2D eigenvalue weighted by molar-refractivity contribution is 0.477. The second kappa shape index (κ2) is 4.56. The molecular weight excluding hydrogens is 263 g/mol. The number of rotatable bonds is 1. The summed E-state index contributed by atoms with van der Waals surface area (Å²) in [6.07, 6.45) is 0. The molecule has 94 valence electrons. The molecule has 3 rings (SSSR count). The van der Waals surface area contributed by atoms with Gasteiger partial charge in [0.1, 0.15) is 11.6 Å². The van der Waals surface area contributed by atoms with Gasteiger partial charge in [0.25, 0.3) is 0 Å². The van der Waals surface area contributed by atoms with Crippen LogP contribution in [0.5, 0.6) is 5.75 Å². The van der Waals surface area contributed by atoms with Crippen molar-refractivity contribution in [3.05, 3.63) is 65.4 Å². The minimum atomic E-state index is -0.445. The zero-order chi connectivity index (χ0) is 13.4. The summed E-state index contributed by atoms with van der Waals surface area (Å²) in [5.41, 5.74) is 0.666. The van der Waals surface area contributed by atoms with Crippen molar-refractivity contribution in [1.29, 1.82) is 0 Å². The minimum Gasteiger partial charge on any atom is -0.507 e. The van der Waals surface area contributed by atoms with Crippen molar-refractivity contribution in [3.63, 3.8) is 0 Å². The molecule has 0 saturated carbocycles. The predicted octanol–water partition coefficient (Wildman–Crippen LogP) is 5.00. The molecule has 0 aliphatic carbocycles. The van der Waals surface area contributed by atoms with E-state index in [4.69, 9.17) is 11.6 Å². The number of fused-ring (bicyclic) bond motifs is 1. The quantitative estimate of drug-likeness (QED) is 0.660. The Balaban J connectivity index is 2.46. The van der Waals surface area contributed by atoms with Crippen molar-refractivity contribution in [2.75, 3.05) is 0 Å². The molecule has 0 atom stereocenters. The fraction of sp³-hybridized carbons (Fsp3) is 0. The molecule has 19 heavy (non-hydrogen) atoms. The number of halogens is 2. The fourth-order valence-electron chi connectivity index (χ4n) is 2.26. The van der Waals surface area contributed by atoms with Gasteiger partial charge in [-0.15, -0.1) is 0 Å². The fourth-order valence-corrected chi connectivity index (χ4v) is 2.52. The van der Waals surface area contributed by atoms with E-state index in [-0.39, 0.29) is 16.3 Å². The zero-order valence-electron chi connectivity index (χ0n) is 9.90. The van der Waals surface area contributed by atoms with E-state index >= 15 is 0 Å². The lowest BCUT2D eigenvalue weighted by Gasteiger charge is -2.11. The summed E-state index contributed by atoms with van der Waals surface area (Å²) in [6.45, 7) is 0. The van der Waals surface area contributed by atoms with Crippen LogP contribution in [0.3, 0.4) is 0 Å². The molecule has 0 bridgehead atoms. The molecule has 1 N–H and O–H groups in total. The summed E-state index contributed by atoms with van der Waals surface area (Å²) in [5.74, 6) is -0.426. The molecule has 0 aliphatic heterocycles. The van der Waals surface area contributed by atoms with E-state index < -0.39 is 5.82 Å². The second-order valence-electron chi connectivity index (χ2n) is 4.28. The van der Waals surface area contributed by atoms with Gasteiger partial charge in [0.2, 0.25) is 0 Å².